The minimum absolute atomic E-state index is 0.0888. The molecule has 1 saturated heterocycles. The highest BCUT2D eigenvalue weighted by atomic mass is 16.5. The standard InChI is InChI=1S/C19H18N2O4/c1-12-3-7-14(8-4-12)20-16-11-17(22)21(18(16)23)15-9-5-13(6-10-15)19(24)25-2/h3-10,16,20H,11H2,1-2H3/t16-/m1/s1. The summed E-state index contributed by atoms with van der Waals surface area (Å²) in [5.41, 5.74) is 2.71. The van der Waals surface area contributed by atoms with E-state index in [1.54, 1.807) is 12.1 Å². The van der Waals surface area contributed by atoms with E-state index >= 15 is 0 Å². The zero-order valence-electron chi connectivity index (χ0n) is 14.0. The molecule has 25 heavy (non-hydrogen) atoms. The van der Waals surface area contributed by atoms with E-state index in [1.807, 2.05) is 31.2 Å². The second-order valence-corrected chi connectivity index (χ2v) is 5.87. The molecule has 1 fully saturated rings. The van der Waals surface area contributed by atoms with Crippen LogP contribution in [0.25, 0.3) is 0 Å². The van der Waals surface area contributed by atoms with Crippen LogP contribution in [-0.4, -0.2) is 30.9 Å². The fourth-order valence-corrected chi connectivity index (χ4v) is 2.73. The number of nitrogens with zero attached hydrogens (tertiary/aromatic N) is 1. The summed E-state index contributed by atoms with van der Waals surface area (Å²) in [4.78, 5) is 37.5. The van der Waals surface area contributed by atoms with E-state index in [2.05, 4.69) is 10.1 Å². The van der Waals surface area contributed by atoms with Crippen LogP contribution in [0.3, 0.4) is 0 Å². The second-order valence-electron chi connectivity index (χ2n) is 5.87. The highest BCUT2D eigenvalue weighted by molar-refractivity contribution is 6.23. The molecule has 2 aromatic carbocycles. The zero-order chi connectivity index (χ0) is 18.0. The molecule has 1 aliphatic rings. The molecule has 1 N–H and O–H groups in total. The Hall–Kier alpha value is -3.15. The third kappa shape index (κ3) is 3.38. The molecule has 6 heteroatoms. The number of nitrogens with one attached hydrogen (secondary N) is 1. The van der Waals surface area contributed by atoms with Gasteiger partial charge in [0, 0.05) is 5.69 Å². The minimum atomic E-state index is -0.601. The van der Waals surface area contributed by atoms with Gasteiger partial charge < -0.3 is 10.1 Å². The highest BCUT2D eigenvalue weighted by Gasteiger charge is 2.39. The summed E-state index contributed by atoms with van der Waals surface area (Å²) in [6, 6.07) is 13.2. The number of hydrogen-bond acceptors (Lipinski definition) is 5. The first-order valence-electron chi connectivity index (χ1n) is 7.88. The number of aryl methyl sites for hydroxylation is 1. The van der Waals surface area contributed by atoms with E-state index in [0.29, 0.717) is 11.3 Å². The van der Waals surface area contributed by atoms with Crippen molar-refractivity contribution in [3.8, 4) is 0 Å². The van der Waals surface area contributed by atoms with Crippen molar-refractivity contribution in [2.24, 2.45) is 0 Å². The van der Waals surface area contributed by atoms with Crippen molar-refractivity contribution in [3.63, 3.8) is 0 Å². The summed E-state index contributed by atoms with van der Waals surface area (Å²) < 4.78 is 4.64. The van der Waals surface area contributed by atoms with Gasteiger partial charge >= 0.3 is 5.97 Å². The molecule has 0 saturated carbocycles. The molecule has 2 amide bonds. The average Bonchev–Trinajstić information content (AvgIpc) is 2.90. The fraction of sp³-hybridized carbons (Fsp3) is 0.211. The van der Waals surface area contributed by atoms with Crippen LogP contribution in [0.5, 0.6) is 0 Å². The molecule has 6 nitrogen and oxygen atoms in total. The maximum Gasteiger partial charge on any atom is 0.337 e. The van der Waals surface area contributed by atoms with Crippen LogP contribution in [0.1, 0.15) is 22.3 Å². The van der Waals surface area contributed by atoms with Gasteiger partial charge in [0.15, 0.2) is 0 Å². The summed E-state index contributed by atoms with van der Waals surface area (Å²) in [7, 11) is 1.30. The molecule has 1 aliphatic heterocycles. The highest BCUT2D eigenvalue weighted by Crippen LogP contribution is 2.25. The number of benzene rings is 2. The first-order chi connectivity index (χ1) is 12.0. The van der Waals surface area contributed by atoms with Gasteiger partial charge in [0.05, 0.1) is 24.8 Å². The fourth-order valence-electron chi connectivity index (χ4n) is 2.73. The van der Waals surface area contributed by atoms with Crippen molar-refractivity contribution in [1.29, 1.82) is 0 Å². The lowest BCUT2D eigenvalue weighted by Crippen LogP contribution is -2.34. The van der Waals surface area contributed by atoms with Gasteiger partial charge in [-0.2, -0.15) is 0 Å². The van der Waals surface area contributed by atoms with Crippen molar-refractivity contribution in [3.05, 3.63) is 59.7 Å². The Morgan fingerprint density at radius 1 is 1.08 bits per heavy atom. The summed E-state index contributed by atoms with van der Waals surface area (Å²) in [5, 5.41) is 3.10. The molecule has 3 rings (SSSR count). The largest absolute Gasteiger partial charge is 0.465 e. The van der Waals surface area contributed by atoms with E-state index in [-0.39, 0.29) is 18.2 Å². The quantitative estimate of drug-likeness (QED) is 0.685. The Morgan fingerprint density at radius 2 is 1.72 bits per heavy atom. The molecule has 1 heterocycles. The summed E-state index contributed by atoms with van der Waals surface area (Å²) in [5.74, 6) is -1.05. The third-order valence-corrected chi connectivity index (χ3v) is 4.09. The molecular formula is C19H18N2O4. The van der Waals surface area contributed by atoms with Gasteiger partial charge in [-0.1, -0.05) is 17.7 Å². The lowest BCUT2D eigenvalue weighted by atomic mass is 10.2. The van der Waals surface area contributed by atoms with E-state index in [4.69, 9.17) is 0 Å². The van der Waals surface area contributed by atoms with Crippen molar-refractivity contribution < 1.29 is 19.1 Å². The Labute approximate surface area is 145 Å². The lowest BCUT2D eigenvalue weighted by molar-refractivity contribution is -0.121. The van der Waals surface area contributed by atoms with Gasteiger partial charge in [0.1, 0.15) is 6.04 Å². The first-order valence-corrected chi connectivity index (χ1v) is 7.88. The number of carbonyl (C=O) groups is 3. The SMILES string of the molecule is COC(=O)c1ccc(N2C(=O)C[C@@H](Nc3ccc(C)cc3)C2=O)cc1. The van der Waals surface area contributed by atoms with Crippen LogP contribution in [0.15, 0.2) is 48.5 Å². The molecule has 0 bridgehead atoms. The number of ether oxygens (including phenoxy) is 1. The van der Waals surface area contributed by atoms with E-state index in [0.717, 1.165) is 16.2 Å². The maximum atomic E-state index is 12.6. The molecular weight excluding hydrogens is 320 g/mol. The van der Waals surface area contributed by atoms with Crippen molar-refractivity contribution >= 4 is 29.2 Å². The lowest BCUT2D eigenvalue weighted by Gasteiger charge is -2.16. The average molecular weight is 338 g/mol. The Morgan fingerprint density at radius 3 is 2.32 bits per heavy atom. The van der Waals surface area contributed by atoms with Gasteiger partial charge in [-0.25, -0.2) is 9.69 Å². The van der Waals surface area contributed by atoms with Gasteiger partial charge in [-0.3, -0.25) is 9.59 Å². The Kier molecular flexibility index (Phi) is 4.52. The van der Waals surface area contributed by atoms with Crippen LogP contribution in [-0.2, 0) is 14.3 Å². The summed E-state index contributed by atoms with van der Waals surface area (Å²) in [6.45, 7) is 1.98. The minimum Gasteiger partial charge on any atom is -0.465 e. The number of imide groups is 1. The van der Waals surface area contributed by atoms with Crippen LogP contribution >= 0.6 is 0 Å². The third-order valence-electron chi connectivity index (χ3n) is 4.09. The van der Waals surface area contributed by atoms with E-state index in [1.165, 1.54) is 19.2 Å². The Bertz CT molecular complexity index is 812. The van der Waals surface area contributed by atoms with Gasteiger partial charge in [-0.15, -0.1) is 0 Å². The Balaban J connectivity index is 1.76. The molecule has 1 atom stereocenters. The van der Waals surface area contributed by atoms with Crippen LogP contribution in [0.2, 0.25) is 0 Å². The topological polar surface area (TPSA) is 75.7 Å². The first kappa shape index (κ1) is 16.7. The molecule has 0 aromatic heterocycles. The zero-order valence-corrected chi connectivity index (χ0v) is 14.0. The smallest absolute Gasteiger partial charge is 0.337 e. The molecule has 0 radical (unpaired) electrons. The number of carbonyl (C=O) groups excluding carboxylic acids is 3. The van der Waals surface area contributed by atoms with Crippen LogP contribution in [0, 0.1) is 6.92 Å². The molecule has 0 spiro atoms. The van der Waals surface area contributed by atoms with Gasteiger partial charge in [0.2, 0.25) is 5.91 Å². The van der Waals surface area contributed by atoms with Crippen molar-refractivity contribution in [2.75, 3.05) is 17.3 Å². The number of hydrogen-bond donors (Lipinski definition) is 1. The van der Waals surface area contributed by atoms with Gasteiger partial charge in [0.25, 0.3) is 5.91 Å². The number of esters is 1. The van der Waals surface area contributed by atoms with Crippen LogP contribution < -0.4 is 10.2 Å². The molecule has 128 valence electrons. The molecule has 0 aliphatic carbocycles. The second kappa shape index (κ2) is 6.76. The molecule has 0 unspecified atom stereocenters. The van der Waals surface area contributed by atoms with E-state index in [9.17, 15) is 14.4 Å². The summed E-state index contributed by atoms with van der Waals surface area (Å²) in [6.07, 6.45) is 0.0888. The van der Waals surface area contributed by atoms with Gasteiger partial charge in [-0.05, 0) is 43.3 Å². The molecule has 2 aromatic rings. The van der Waals surface area contributed by atoms with Crippen LogP contribution in [0.4, 0.5) is 11.4 Å². The predicted octanol–water partition coefficient (Wildman–Crippen LogP) is 2.53. The normalized spacial score (nSPS) is 16.9. The predicted molar refractivity (Wildman–Crippen MR) is 93.5 cm³/mol. The number of amides is 2. The maximum absolute atomic E-state index is 12.6. The monoisotopic (exact) mass is 338 g/mol. The number of methoxy groups -OCH3 is 1. The van der Waals surface area contributed by atoms with Crippen molar-refractivity contribution in [2.45, 2.75) is 19.4 Å². The number of anilines is 2. The van der Waals surface area contributed by atoms with E-state index < -0.39 is 12.0 Å². The summed E-state index contributed by atoms with van der Waals surface area (Å²) >= 11 is 0. The number of rotatable bonds is 4. The van der Waals surface area contributed by atoms with Crippen molar-refractivity contribution in [1.82, 2.24) is 0 Å².